The molecule has 3 heterocycles. The molecule has 0 bridgehead atoms. The summed E-state index contributed by atoms with van der Waals surface area (Å²) in [7, 11) is 5.38. The van der Waals surface area contributed by atoms with E-state index in [9.17, 15) is 4.79 Å². The Labute approximate surface area is 163 Å². The smallest absolute Gasteiger partial charge is 0.223 e. The number of aryl methyl sites for hydroxylation is 2. The van der Waals surface area contributed by atoms with Gasteiger partial charge in [-0.3, -0.25) is 9.48 Å². The summed E-state index contributed by atoms with van der Waals surface area (Å²) in [5.74, 6) is 2.48. The normalized spacial score (nSPS) is 19.4. The maximum absolute atomic E-state index is 12.4. The van der Waals surface area contributed by atoms with E-state index in [4.69, 9.17) is 4.74 Å². The number of hydrogen-bond donors (Lipinski definition) is 1. The predicted molar refractivity (Wildman–Crippen MR) is 106 cm³/mol. The van der Waals surface area contributed by atoms with Crippen molar-refractivity contribution in [3.63, 3.8) is 0 Å². The lowest BCUT2D eigenvalue weighted by atomic mass is 9.95. The maximum atomic E-state index is 12.4. The zero-order chi connectivity index (χ0) is 19.8. The summed E-state index contributed by atoms with van der Waals surface area (Å²) in [6.45, 7) is 2.50. The molecule has 1 aliphatic heterocycles. The van der Waals surface area contributed by atoms with Crippen LogP contribution in [0.5, 0.6) is 5.75 Å². The van der Waals surface area contributed by atoms with Gasteiger partial charge in [-0.2, -0.15) is 5.10 Å². The summed E-state index contributed by atoms with van der Waals surface area (Å²) < 4.78 is 7.11. The Morgan fingerprint density at radius 3 is 2.82 bits per heavy atom. The lowest BCUT2D eigenvalue weighted by Gasteiger charge is -2.24. The van der Waals surface area contributed by atoms with Crippen molar-refractivity contribution in [2.45, 2.75) is 19.4 Å². The molecule has 28 heavy (non-hydrogen) atoms. The van der Waals surface area contributed by atoms with Crippen molar-refractivity contribution in [1.29, 1.82) is 0 Å². The van der Waals surface area contributed by atoms with Crippen LogP contribution in [0.15, 0.2) is 30.6 Å². The molecule has 2 aromatic heterocycles. The summed E-state index contributed by atoms with van der Waals surface area (Å²) in [5.41, 5.74) is 1.91. The first-order valence-corrected chi connectivity index (χ1v) is 9.26. The highest BCUT2D eigenvalue weighted by Gasteiger charge is 2.39. The number of carbonyl (C=O) groups is 1. The van der Waals surface area contributed by atoms with Gasteiger partial charge in [0.25, 0.3) is 0 Å². The second-order valence-corrected chi connectivity index (χ2v) is 7.24. The van der Waals surface area contributed by atoms with Crippen LogP contribution in [0.3, 0.4) is 0 Å². The van der Waals surface area contributed by atoms with Gasteiger partial charge < -0.3 is 15.0 Å². The number of ether oxygens (including phenoxy) is 1. The standard InChI is InChI=1S/C20H24N6O2/c1-12-23-17-6-5-15(28-4)8-16(17)20(24-12)21-9-13-7-18(27)26(3)19(13)14-10-22-25(2)11-14/h5-6,8,10-11,13,19H,7,9H2,1-4H3,(H,21,23,24)/t13-,19+/m0/s1. The lowest BCUT2D eigenvalue weighted by molar-refractivity contribution is -0.127. The number of carbonyl (C=O) groups excluding carboxylic acids is 1. The van der Waals surface area contributed by atoms with Crippen LogP contribution in [0.25, 0.3) is 10.9 Å². The van der Waals surface area contributed by atoms with Crippen molar-refractivity contribution < 1.29 is 9.53 Å². The Morgan fingerprint density at radius 2 is 2.11 bits per heavy atom. The van der Waals surface area contributed by atoms with E-state index in [1.165, 1.54) is 0 Å². The van der Waals surface area contributed by atoms with Crippen LogP contribution in [0.2, 0.25) is 0 Å². The van der Waals surface area contributed by atoms with E-state index in [2.05, 4.69) is 20.4 Å². The van der Waals surface area contributed by atoms with Gasteiger partial charge in [0.05, 0.1) is 24.9 Å². The number of aromatic nitrogens is 4. The minimum absolute atomic E-state index is 0.00238. The van der Waals surface area contributed by atoms with Crippen LogP contribution < -0.4 is 10.1 Å². The second-order valence-electron chi connectivity index (χ2n) is 7.24. The summed E-state index contributed by atoms with van der Waals surface area (Å²) in [6, 6.07) is 5.75. The number of fused-ring (bicyclic) bond motifs is 1. The number of likely N-dealkylation sites (tertiary alicyclic amines) is 1. The average molecular weight is 380 g/mol. The lowest BCUT2D eigenvalue weighted by Crippen LogP contribution is -2.26. The number of hydrogen-bond acceptors (Lipinski definition) is 6. The highest BCUT2D eigenvalue weighted by Crippen LogP contribution is 2.37. The molecule has 0 saturated carbocycles. The highest BCUT2D eigenvalue weighted by atomic mass is 16.5. The van der Waals surface area contributed by atoms with Crippen molar-refractivity contribution in [2.75, 3.05) is 26.0 Å². The molecule has 1 saturated heterocycles. The molecule has 2 atom stereocenters. The maximum Gasteiger partial charge on any atom is 0.223 e. The third kappa shape index (κ3) is 3.26. The number of anilines is 1. The molecule has 1 aliphatic rings. The molecule has 0 spiro atoms. The molecule has 8 nitrogen and oxygen atoms in total. The molecule has 0 radical (unpaired) electrons. The highest BCUT2D eigenvalue weighted by molar-refractivity contribution is 5.90. The van der Waals surface area contributed by atoms with Crippen LogP contribution >= 0.6 is 0 Å². The number of benzene rings is 1. The first-order valence-electron chi connectivity index (χ1n) is 9.26. The van der Waals surface area contributed by atoms with Crippen LogP contribution in [-0.4, -0.2) is 51.3 Å². The number of rotatable bonds is 5. The molecule has 8 heteroatoms. The Kier molecular flexibility index (Phi) is 4.62. The van der Waals surface area contributed by atoms with Gasteiger partial charge in [-0.1, -0.05) is 0 Å². The Balaban J connectivity index is 1.62. The first-order chi connectivity index (χ1) is 13.5. The molecule has 0 aliphatic carbocycles. The number of methoxy groups -OCH3 is 1. The minimum atomic E-state index is -0.00238. The Morgan fingerprint density at radius 1 is 1.29 bits per heavy atom. The van der Waals surface area contributed by atoms with Gasteiger partial charge in [-0.05, 0) is 25.1 Å². The third-order valence-electron chi connectivity index (χ3n) is 5.31. The van der Waals surface area contributed by atoms with E-state index in [0.29, 0.717) is 18.8 Å². The molecular weight excluding hydrogens is 356 g/mol. The number of nitrogens with zero attached hydrogens (tertiary/aromatic N) is 5. The summed E-state index contributed by atoms with van der Waals surface area (Å²) >= 11 is 0. The minimum Gasteiger partial charge on any atom is -0.497 e. The fraction of sp³-hybridized carbons (Fsp3) is 0.400. The molecule has 1 fully saturated rings. The quantitative estimate of drug-likeness (QED) is 0.731. The third-order valence-corrected chi connectivity index (χ3v) is 5.31. The topological polar surface area (TPSA) is 85.2 Å². The fourth-order valence-electron chi connectivity index (χ4n) is 3.94. The van der Waals surface area contributed by atoms with Crippen molar-refractivity contribution in [1.82, 2.24) is 24.6 Å². The van der Waals surface area contributed by atoms with Gasteiger partial charge >= 0.3 is 0 Å². The van der Waals surface area contributed by atoms with Crippen molar-refractivity contribution >= 4 is 22.6 Å². The van der Waals surface area contributed by atoms with Crippen LogP contribution in [0.4, 0.5) is 5.82 Å². The number of nitrogens with one attached hydrogen (secondary N) is 1. The molecule has 3 aromatic rings. The summed E-state index contributed by atoms with van der Waals surface area (Å²) in [4.78, 5) is 23.3. The molecule has 1 aromatic carbocycles. The zero-order valence-electron chi connectivity index (χ0n) is 16.5. The molecular formula is C20H24N6O2. The van der Waals surface area contributed by atoms with Crippen LogP contribution in [0.1, 0.15) is 23.9 Å². The molecule has 1 amide bonds. The van der Waals surface area contributed by atoms with Crippen molar-refractivity contribution in [3.8, 4) is 5.75 Å². The van der Waals surface area contributed by atoms with Gasteiger partial charge in [0.1, 0.15) is 17.4 Å². The average Bonchev–Trinajstić information content (AvgIpc) is 3.22. The summed E-state index contributed by atoms with van der Waals surface area (Å²) in [6.07, 6.45) is 4.30. The van der Waals surface area contributed by atoms with E-state index < -0.39 is 0 Å². The zero-order valence-corrected chi connectivity index (χ0v) is 16.5. The van der Waals surface area contributed by atoms with Gasteiger partial charge in [0.2, 0.25) is 5.91 Å². The molecule has 0 unspecified atom stereocenters. The Hall–Kier alpha value is -3.16. The Bertz CT molecular complexity index is 1030. The monoisotopic (exact) mass is 380 g/mol. The number of amides is 1. The van der Waals surface area contributed by atoms with Crippen molar-refractivity contribution in [2.24, 2.45) is 13.0 Å². The molecule has 1 N–H and O–H groups in total. The summed E-state index contributed by atoms with van der Waals surface area (Å²) in [5, 5.41) is 8.63. The molecule has 146 valence electrons. The van der Waals surface area contributed by atoms with E-state index in [1.54, 1.807) is 11.8 Å². The van der Waals surface area contributed by atoms with Crippen LogP contribution in [0, 0.1) is 12.8 Å². The first kappa shape index (κ1) is 18.2. The van der Waals surface area contributed by atoms with E-state index in [-0.39, 0.29) is 17.9 Å². The SMILES string of the molecule is COc1ccc2nc(C)nc(NC[C@@H]3CC(=O)N(C)[C@H]3c3cnn(C)c3)c2c1. The fourth-order valence-corrected chi connectivity index (χ4v) is 3.94. The van der Waals surface area contributed by atoms with Crippen molar-refractivity contribution in [3.05, 3.63) is 42.0 Å². The van der Waals surface area contributed by atoms with Gasteiger partial charge in [-0.15, -0.1) is 0 Å². The molecule has 4 rings (SSSR count). The largest absolute Gasteiger partial charge is 0.497 e. The van der Waals surface area contributed by atoms with E-state index in [1.807, 2.05) is 56.5 Å². The predicted octanol–water partition coefficient (Wildman–Crippen LogP) is 2.31. The second kappa shape index (κ2) is 7.10. The van der Waals surface area contributed by atoms with E-state index in [0.717, 1.165) is 28.0 Å². The van der Waals surface area contributed by atoms with Gasteiger partial charge in [0, 0.05) is 50.1 Å². The van der Waals surface area contributed by atoms with Gasteiger partial charge in [-0.25, -0.2) is 9.97 Å². The van der Waals surface area contributed by atoms with Crippen LogP contribution in [-0.2, 0) is 11.8 Å². The van der Waals surface area contributed by atoms with E-state index >= 15 is 0 Å². The van der Waals surface area contributed by atoms with Gasteiger partial charge in [0.15, 0.2) is 0 Å².